The first-order chi connectivity index (χ1) is 13.9. The largest absolute Gasteiger partial charge is 0.497 e. The number of hydrogen-bond donors (Lipinski definition) is 1. The molecule has 0 radical (unpaired) electrons. The maximum atomic E-state index is 12.9. The van der Waals surface area contributed by atoms with E-state index in [1.807, 2.05) is 0 Å². The molecule has 0 aromatic heterocycles. The number of benzene rings is 2. The average molecular weight is 398 g/mol. The quantitative estimate of drug-likeness (QED) is 0.828. The number of methoxy groups -OCH3 is 2. The van der Waals surface area contributed by atoms with Crippen molar-refractivity contribution in [2.75, 3.05) is 40.4 Å². The first kappa shape index (κ1) is 20.2. The summed E-state index contributed by atoms with van der Waals surface area (Å²) < 4.78 is 10.5. The van der Waals surface area contributed by atoms with Gasteiger partial charge in [-0.1, -0.05) is 0 Å². The number of aromatic carboxylic acids is 1. The van der Waals surface area contributed by atoms with E-state index >= 15 is 0 Å². The number of nitrogens with zero attached hydrogens (tertiary/aromatic N) is 2. The zero-order valence-corrected chi connectivity index (χ0v) is 16.3. The van der Waals surface area contributed by atoms with Crippen molar-refractivity contribution in [2.24, 2.45) is 0 Å². The second kappa shape index (κ2) is 8.64. The van der Waals surface area contributed by atoms with Crippen LogP contribution in [0.1, 0.15) is 31.1 Å². The van der Waals surface area contributed by atoms with Crippen molar-refractivity contribution in [3.05, 3.63) is 59.2 Å². The van der Waals surface area contributed by atoms with Crippen LogP contribution in [0.3, 0.4) is 0 Å². The van der Waals surface area contributed by atoms with Crippen LogP contribution in [0.2, 0.25) is 0 Å². The smallest absolute Gasteiger partial charge is 0.335 e. The standard InChI is InChI=1S/C21H22N2O6/c1-28-16-7-8-17(18(13-16)29-2)20(25)23-11-9-22(10-12-23)19(24)14-3-5-15(6-4-14)21(26)27/h3-8,13H,9-12H2,1-2H3,(H,26,27). The summed E-state index contributed by atoms with van der Waals surface area (Å²) >= 11 is 0. The van der Waals surface area contributed by atoms with Crippen molar-refractivity contribution in [3.8, 4) is 11.5 Å². The number of carbonyl (C=O) groups excluding carboxylic acids is 2. The minimum Gasteiger partial charge on any atom is -0.497 e. The Kier molecular flexibility index (Phi) is 6.01. The van der Waals surface area contributed by atoms with Crippen molar-refractivity contribution in [3.63, 3.8) is 0 Å². The van der Waals surface area contributed by atoms with Gasteiger partial charge in [-0.3, -0.25) is 9.59 Å². The molecule has 1 N–H and O–H groups in total. The van der Waals surface area contributed by atoms with Crippen molar-refractivity contribution in [1.29, 1.82) is 0 Å². The van der Waals surface area contributed by atoms with E-state index in [1.54, 1.807) is 35.1 Å². The number of amides is 2. The van der Waals surface area contributed by atoms with E-state index in [9.17, 15) is 14.4 Å². The van der Waals surface area contributed by atoms with Gasteiger partial charge in [-0.2, -0.15) is 0 Å². The Balaban J connectivity index is 1.65. The highest BCUT2D eigenvalue weighted by Gasteiger charge is 2.27. The molecule has 152 valence electrons. The number of piperazine rings is 1. The SMILES string of the molecule is COc1ccc(C(=O)N2CCN(C(=O)c3ccc(C(=O)O)cc3)CC2)c(OC)c1. The number of ether oxygens (including phenoxy) is 2. The molecule has 0 unspecified atom stereocenters. The summed E-state index contributed by atoms with van der Waals surface area (Å²) in [5.74, 6) is -0.349. The lowest BCUT2D eigenvalue weighted by molar-refractivity contribution is 0.0533. The van der Waals surface area contributed by atoms with Crippen LogP contribution in [-0.4, -0.2) is 73.1 Å². The maximum Gasteiger partial charge on any atom is 0.335 e. The molecule has 0 atom stereocenters. The topological polar surface area (TPSA) is 96.4 Å². The fraction of sp³-hybridized carbons (Fsp3) is 0.286. The van der Waals surface area contributed by atoms with E-state index in [2.05, 4.69) is 0 Å². The third kappa shape index (κ3) is 4.31. The third-order valence-electron chi connectivity index (χ3n) is 4.87. The minimum absolute atomic E-state index is 0.130. The molecular weight excluding hydrogens is 376 g/mol. The van der Waals surface area contributed by atoms with Crippen molar-refractivity contribution < 1.29 is 29.0 Å². The zero-order valence-electron chi connectivity index (χ0n) is 16.3. The zero-order chi connectivity index (χ0) is 21.0. The normalized spacial score (nSPS) is 13.7. The van der Waals surface area contributed by atoms with Gasteiger partial charge >= 0.3 is 5.97 Å². The highest BCUT2D eigenvalue weighted by atomic mass is 16.5. The van der Waals surface area contributed by atoms with E-state index < -0.39 is 5.97 Å². The van der Waals surface area contributed by atoms with Gasteiger partial charge < -0.3 is 24.4 Å². The molecule has 1 aliphatic heterocycles. The molecular formula is C21H22N2O6. The Morgan fingerprint density at radius 1 is 0.793 bits per heavy atom. The van der Waals surface area contributed by atoms with E-state index in [4.69, 9.17) is 14.6 Å². The lowest BCUT2D eigenvalue weighted by atomic mass is 10.1. The van der Waals surface area contributed by atoms with Crippen LogP contribution in [0.4, 0.5) is 0 Å². The van der Waals surface area contributed by atoms with Crippen molar-refractivity contribution >= 4 is 17.8 Å². The van der Waals surface area contributed by atoms with Crippen LogP contribution in [0.5, 0.6) is 11.5 Å². The molecule has 8 nitrogen and oxygen atoms in total. The molecule has 1 heterocycles. The van der Waals surface area contributed by atoms with Gasteiger partial charge in [-0.15, -0.1) is 0 Å². The summed E-state index contributed by atoms with van der Waals surface area (Å²) in [5.41, 5.74) is 0.995. The van der Waals surface area contributed by atoms with E-state index in [0.717, 1.165) is 0 Å². The van der Waals surface area contributed by atoms with Crippen molar-refractivity contribution in [1.82, 2.24) is 9.80 Å². The van der Waals surface area contributed by atoms with Crippen LogP contribution >= 0.6 is 0 Å². The van der Waals surface area contributed by atoms with Crippen LogP contribution in [-0.2, 0) is 0 Å². The van der Waals surface area contributed by atoms with Gasteiger partial charge in [0.15, 0.2) is 0 Å². The van der Waals surface area contributed by atoms with E-state index in [0.29, 0.717) is 48.8 Å². The second-order valence-electron chi connectivity index (χ2n) is 6.53. The summed E-state index contributed by atoms with van der Waals surface area (Å²) in [6.45, 7) is 1.58. The predicted octanol–water partition coefficient (Wildman–Crippen LogP) is 2.00. The Morgan fingerprint density at radius 3 is 1.86 bits per heavy atom. The van der Waals surface area contributed by atoms with Crippen LogP contribution in [0, 0.1) is 0 Å². The molecule has 0 aliphatic carbocycles. The molecule has 2 amide bonds. The van der Waals surface area contributed by atoms with Crippen LogP contribution < -0.4 is 9.47 Å². The lowest BCUT2D eigenvalue weighted by Crippen LogP contribution is -2.50. The molecule has 3 rings (SSSR count). The van der Waals surface area contributed by atoms with Gasteiger partial charge in [0.05, 0.1) is 25.3 Å². The molecule has 2 aromatic carbocycles. The first-order valence-electron chi connectivity index (χ1n) is 9.08. The van der Waals surface area contributed by atoms with Gasteiger partial charge in [0.25, 0.3) is 11.8 Å². The Morgan fingerprint density at radius 2 is 1.34 bits per heavy atom. The van der Waals surface area contributed by atoms with Gasteiger partial charge in [-0.05, 0) is 36.4 Å². The molecule has 0 bridgehead atoms. The molecule has 0 saturated carbocycles. The molecule has 1 fully saturated rings. The van der Waals surface area contributed by atoms with Crippen molar-refractivity contribution in [2.45, 2.75) is 0 Å². The molecule has 8 heteroatoms. The predicted molar refractivity (Wildman–Crippen MR) is 105 cm³/mol. The summed E-state index contributed by atoms with van der Waals surface area (Å²) in [6.07, 6.45) is 0. The van der Waals surface area contributed by atoms with Crippen LogP contribution in [0.25, 0.3) is 0 Å². The summed E-state index contributed by atoms with van der Waals surface area (Å²) in [4.78, 5) is 39.8. The minimum atomic E-state index is -1.04. The molecule has 0 spiro atoms. The van der Waals surface area contributed by atoms with Gasteiger partial charge in [-0.25, -0.2) is 4.79 Å². The Hall–Kier alpha value is -3.55. The number of rotatable bonds is 5. The Labute approximate surface area is 168 Å². The summed E-state index contributed by atoms with van der Waals surface area (Å²) in [6, 6.07) is 10.9. The average Bonchev–Trinajstić information content (AvgIpc) is 2.77. The first-order valence-corrected chi connectivity index (χ1v) is 9.08. The molecule has 1 aliphatic rings. The van der Waals surface area contributed by atoms with E-state index in [1.165, 1.54) is 31.4 Å². The third-order valence-corrected chi connectivity index (χ3v) is 4.87. The number of hydrogen-bond acceptors (Lipinski definition) is 5. The highest BCUT2D eigenvalue weighted by Crippen LogP contribution is 2.26. The molecule has 2 aromatic rings. The maximum absolute atomic E-state index is 12.9. The Bertz CT molecular complexity index is 917. The van der Waals surface area contributed by atoms with Crippen LogP contribution in [0.15, 0.2) is 42.5 Å². The van der Waals surface area contributed by atoms with Gasteiger partial charge in [0, 0.05) is 37.8 Å². The number of carboxylic acids is 1. The summed E-state index contributed by atoms with van der Waals surface area (Å²) in [5, 5.41) is 8.96. The lowest BCUT2D eigenvalue weighted by Gasteiger charge is -2.35. The number of carbonyl (C=O) groups is 3. The summed E-state index contributed by atoms with van der Waals surface area (Å²) in [7, 11) is 3.04. The number of carboxylic acid groups (broad SMARTS) is 1. The fourth-order valence-electron chi connectivity index (χ4n) is 3.20. The second-order valence-corrected chi connectivity index (χ2v) is 6.53. The van der Waals surface area contributed by atoms with Gasteiger partial charge in [0.1, 0.15) is 11.5 Å². The fourth-order valence-corrected chi connectivity index (χ4v) is 3.20. The van der Waals surface area contributed by atoms with E-state index in [-0.39, 0.29) is 17.4 Å². The molecule has 29 heavy (non-hydrogen) atoms. The molecule has 1 saturated heterocycles. The highest BCUT2D eigenvalue weighted by molar-refractivity contribution is 5.98. The monoisotopic (exact) mass is 398 g/mol. The van der Waals surface area contributed by atoms with Gasteiger partial charge in [0.2, 0.25) is 0 Å².